The summed E-state index contributed by atoms with van der Waals surface area (Å²) in [6.07, 6.45) is -0.767. The van der Waals surface area contributed by atoms with Crippen LogP contribution in [-0.4, -0.2) is 16.8 Å². The lowest BCUT2D eigenvalue weighted by molar-refractivity contribution is 0.182. The fraction of sp³-hybridized carbons (Fsp3) is 0.250. The fourth-order valence-corrected chi connectivity index (χ4v) is 0.896. The molecule has 0 fully saturated rings. The van der Waals surface area contributed by atoms with Crippen LogP contribution in [0.2, 0.25) is 0 Å². The Morgan fingerprint density at radius 1 is 1.36 bits per heavy atom. The van der Waals surface area contributed by atoms with Gasteiger partial charge in [-0.25, -0.2) is 0 Å². The van der Waals surface area contributed by atoms with E-state index in [1.807, 2.05) is 0 Å². The summed E-state index contributed by atoms with van der Waals surface area (Å²) in [6.45, 7) is 0.123. The molecule has 0 aliphatic heterocycles. The molecule has 0 unspecified atom stereocenters. The van der Waals surface area contributed by atoms with E-state index in [-0.39, 0.29) is 12.3 Å². The third-order valence-electron chi connectivity index (χ3n) is 1.52. The highest BCUT2D eigenvalue weighted by Crippen LogP contribution is 2.21. The van der Waals surface area contributed by atoms with Crippen LogP contribution in [-0.2, 0) is 0 Å². The van der Waals surface area contributed by atoms with E-state index < -0.39 is 6.10 Å². The van der Waals surface area contributed by atoms with Gasteiger partial charge >= 0.3 is 0 Å². The molecule has 0 heterocycles. The van der Waals surface area contributed by atoms with E-state index in [0.29, 0.717) is 5.56 Å². The van der Waals surface area contributed by atoms with Crippen LogP contribution in [0, 0.1) is 0 Å². The summed E-state index contributed by atoms with van der Waals surface area (Å²) in [5.74, 6) is 0.0884. The minimum Gasteiger partial charge on any atom is -0.508 e. The number of nitrogens with two attached hydrogens (primary N) is 1. The maximum absolute atomic E-state index is 9.23. The van der Waals surface area contributed by atoms with Gasteiger partial charge in [-0.1, -0.05) is 18.2 Å². The Balaban J connectivity index is 2.93. The van der Waals surface area contributed by atoms with E-state index >= 15 is 0 Å². The molecule has 0 spiro atoms. The molecule has 1 aromatic carbocycles. The van der Waals surface area contributed by atoms with Gasteiger partial charge in [0, 0.05) is 12.1 Å². The number of aliphatic hydroxyl groups is 1. The Bertz CT molecular complexity index is 237. The van der Waals surface area contributed by atoms with Gasteiger partial charge in [-0.2, -0.15) is 0 Å². The second kappa shape index (κ2) is 3.37. The molecular weight excluding hydrogens is 142 g/mol. The number of phenolic OH excluding ortho intramolecular Hbond substituents is 1. The largest absolute Gasteiger partial charge is 0.508 e. The molecule has 60 valence electrons. The zero-order chi connectivity index (χ0) is 8.27. The van der Waals surface area contributed by atoms with Crippen molar-refractivity contribution in [3.63, 3.8) is 0 Å². The SMILES string of the molecule is NC[C@@H](O)c1ccccc1O. The monoisotopic (exact) mass is 153 g/mol. The zero-order valence-corrected chi connectivity index (χ0v) is 6.07. The lowest BCUT2D eigenvalue weighted by Crippen LogP contribution is -2.11. The van der Waals surface area contributed by atoms with Gasteiger partial charge in [-0.3, -0.25) is 0 Å². The van der Waals surface area contributed by atoms with Crippen LogP contribution in [0.15, 0.2) is 24.3 Å². The van der Waals surface area contributed by atoms with E-state index in [0.717, 1.165) is 0 Å². The summed E-state index contributed by atoms with van der Waals surface area (Å²) in [4.78, 5) is 0. The van der Waals surface area contributed by atoms with Crippen LogP contribution in [0.25, 0.3) is 0 Å². The topological polar surface area (TPSA) is 66.5 Å². The molecule has 0 saturated heterocycles. The maximum Gasteiger partial charge on any atom is 0.121 e. The minimum atomic E-state index is -0.767. The van der Waals surface area contributed by atoms with E-state index in [4.69, 9.17) is 5.73 Å². The maximum atomic E-state index is 9.23. The van der Waals surface area contributed by atoms with Gasteiger partial charge in [0.05, 0.1) is 6.10 Å². The van der Waals surface area contributed by atoms with Gasteiger partial charge in [0.15, 0.2) is 0 Å². The number of hydrogen-bond acceptors (Lipinski definition) is 3. The number of hydrogen-bond donors (Lipinski definition) is 3. The van der Waals surface area contributed by atoms with Crippen molar-refractivity contribution < 1.29 is 10.2 Å². The second-order valence-electron chi connectivity index (χ2n) is 2.31. The summed E-state index contributed by atoms with van der Waals surface area (Å²) < 4.78 is 0. The minimum absolute atomic E-state index is 0.0884. The van der Waals surface area contributed by atoms with Gasteiger partial charge in [0.25, 0.3) is 0 Å². The Kier molecular flexibility index (Phi) is 2.46. The number of rotatable bonds is 2. The van der Waals surface area contributed by atoms with Gasteiger partial charge in [0.2, 0.25) is 0 Å². The number of para-hydroxylation sites is 1. The lowest BCUT2D eigenvalue weighted by atomic mass is 10.1. The van der Waals surface area contributed by atoms with E-state index in [1.165, 1.54) is 6.07 Å². The molecule has 1 atom stereocenters. The first kappa shape index (κ1) is 8.04. The van der Waals surface area contributed by atoms with E-state index in [1.54, 1.807) is 18.2 Å². The summed E-state index contributed by atoms with van der Waals surface area (Å²) in [5.41, 5.74) is 5.69. The molecule has 0 aliphatic carbocycles. The molecule has 0 aliphatic rings. The number of benzene rings is 1. The van der Waals surface area contributed by atoms with Crippen molar-refractivity contribution in [2.75, 3.05) is 6.54 Å². The third kappa shape index (κ3) is 1.69. The predicted octanol–water partition coefficient (Wildman–Crippen LogP) is 0.384. The normalized spacial score (nSPS) is 12.9. The van der Waals surface area contributed by atoms with Gasteiger partial charge in [-0.05, 0) is 6.07 Å². The van der Waals surface area contributed by atoms with Gasteiger partial charge < -0.3 is 15.9 Å². The first-order chi connectivity index (χ1) is 5.25. The molecule has 11 heavy (non-hydrogen) atoms. The molecule has 0 bridgehead atoms. The molecule has 0 amide bonds. The second-order valence-corrected chi connectivity index (χ2v) is 2.31. The highest BCUT2D eigenvalue weighted by atomic mass is 16.3. The number of aromatic hydroxyl groups is 1. The molecule has 0 radical (unpaired) electrons. The van der Waals surface area contributed by atoms with Crippen molar-refractivity contribution in [3.05, 3.63) is 29.8 Å². The van der Waals surface area contributed by atoms with Crippen LogP contribution in [0.4, 0.5) is 0 Å². The standard InChI is InChI=1S/C8H11NO2/c9-5-8(11)6-3-1-2-4-7(6)10/h1-4,8,10-11H,5,9H2/t8-/m1/s1. The first-order valence-corrected chi connectivity index (χ1v) is 3.41. The molecule has 4 N–H and O–H groups in total. The summed E-state index contributed by atoms with van der Waals surface area (Å²) in [6, 6.07) is 6.61. The Morgan fingerprint density at radius 3 is 2.55 bits per heavy atom. The van der Waals surface area contributed by atoms with Crippen molar-refractivity contribution in [2.24, 2.45) is 5.73 Å². The molecule has 0 saturated carbocycles. The summed E-state index contributed by atoms with van der Waals surface area (Å²) >= 11 is 0. The molecule has 3 nitrogen and oxygen atoms in total. The Morgan fingerprint density at radius 2 is 2.00 bits per heavy atom. The molecule has 1 rings (SSSR count). The van der Waals surface area contributed by atoms with E-state index in [2.05, 4.69) is 0 Å². The average molecular weight is 153 g/mol. The summed E-state index contributed by atoms with van der Waals surface area (Å²) in [5, 5.41) is 18.4. The van der Waals surface area contributed by atoms with Crippen molar-refractivity contribution in [1.29, 1.82) is 0 Å². The van der Waals surface area contributed by atoms with Crippen molar-refractivity contribution in [1.82, 2.24) is 0 Å². The molecular formula is C8H11NO2. The van der Waals surface area contributed by atoms with Crippen LogP contribution in [0.5, 0.6) is 5.75 Å². The molecule has 3 heteroatoms. The highest BCUT2D eigenvalue weighted by molar-refractivity contribution is 5.33. The quantitative estimate of drug-likeness (QED) is 0.575. The van der Waals surface area contributed by atoms with Crippen LogP contribution in [0.3, 0.4) is 0 Å². The van der Waals surface area contributed by atoms with Gasteiger partial charge in [0.1, 0.15) is 5.75 Å². The van der Waals surface area contributed by atoms with Gasteiger partial charge in [-0.15, -0.1) is 0 Å². The molecule has 1 aromatic rings. The lowest BCUT2D eigenvalue weighted by Gasteiger charge is -2.08. The van der Waals surface area contributed by atoms with Crippen LogP contribution in [0.1, 0.15) is 11.7 Å². The Labute approximate surface area is 65.1 Å². The summed E-state index contributed by atoms with van der Waals surface area (Å²) in [7, 11) is 0. The predicted molar refractivity (Wildman–Crippen MR) is 42.1 cm³/mol. The first-order valence-electron chi connectivity index (χ1n) is 3.41. The smallest absolute Gasteiger partial charge is 0.121 e. The zero-order valence-electron chi connectivity index (χ0n) is 6.07. The van der Waals surface area contributed by atoms with Crippen LogP contribution >= 0.6 is 0 Å². The third-order valence-corrected chi connectivity index (χ3v) is 1.52. The molecule has 0 aromatic heterocycles. The Hall–Kier alpha value is -1.06. The number of phenols is 1. The van der Waals surface area contributed by atoms with Crippen molar-refractivity contribution >= 4 is 0 Å². The van der Waals surface area contributed by atoms with Crippen LogP contribution < -0.4 is 5.73 Å². The average Bonchev–Trinajstić information content (AvgIpc) is 2.04. The number of aliphatic hydroxyl groups excluding tert-OH is 1. The van der Waals surface area contributed by atoms with Crippen molar-refractivity contribution in [3.8, 4) is 5.75 Å². The van der Waals surface area contributed by atoms with Crippen molar-refractivity contribution in [2.45, 2.75) is 6.10 Å². The highest BCUT2D eigenvalue weighted by Gasteiger charge is 2.07. The fourth-order valence-electron chi connectivity index (χ4n) is 0.896. The van der Waals surface area contributed by atoms with E-state index in [9.17, 15) is 10.2 Å².